The van der Waals surface area contributed by atoms with Gasteiger partial charge >= 0.3 is 6.09 Å². The average molecular weight is 864 g/mol. The lowest BCUT2D eigenvalue weighted by Crippen LogP contribution is -2.57. The number of aliphatic hydroxyl groups excluding tert-OH is 1. The highest BCUT2D eigenvalue weighted by Gasteiger charge is 2.51. The van der Waals surface area contributed by atoms with E-state index in [9.17, 15) is 24.3 Å². The van der Waals surface area contributed by atoms with Crippen LogP contribution in [0.25, 0.3) is 11.1 Å². The van der Waals surface area contributed by atoms with E-state index in [-0.39, 0.29) is 56.1 Å². The van der Waals surface area contributed by atoms with Crippen LogP contribution in [0.3, 0.4) is 0 Å². The Labute approximate surface area is 372 Å². The molecule has 0 saturated carbocycles. The molecule has 4 saturated heterocycles. The number of nitrogens with zero attached hydrogens (tertiary/aromatic N) is 3. The largest absolute Gasteiger partial charge is 0.445 e. The maximum absolute atomic E-state index is 13.4. The van der Waals surface area contributed by atoms with Crippen LogP contribution in [-0.2, 0) is 48.4 Å². The minimum Gasteiger partial charge on any atom is -0.445 e. The number of para-hydroxylation sites is 1. The number of piperidine rings is 1. The summed E-state index contributed by atoms with van der Waals surface area (Å²) in [5.74, 6) is -0.784. The number of amides is 4. The Kier molecular flexibility index (Phi) is 12.6. The summed E-state index contributed by atoms with van der Waals surface area (Å²) >= 11 is 0. The van der Waals surface area contributed by atoms with Crippen LogP contribution in [0.4, 0.5) is 10.5 Å². The van der Waals surface area contributed by atoms with Crippen molar-refractivity contribution >= 4 is 29.5 Å². The molecular weight excluding hydrogens is 811 g/mol. The highest BCUT2D eigenvalue weighted by atomic mass is 16.7. The number of nitrogens with one attached hydrogen (secondary N) is 2. The van der Waals surface area contributed by atoms with Crippen molar-refractivity contribution in [1.82, 2.24) is 20.4 Å². The Hall–Kier alpha value is -6.38. The van der Waals surface area contributed by atoms with Gasteiger partial charge in [-0.1, -0.05) is 128 Å². The maximum atomic E-state index is 13.4. The minimum absolute atomic E-state index is 0.0143. The third-order valence-corrected chi connectivity index (χ3v) is 13.2. The van der Waals surface area contributed by atoms with Gasteiger partial charge in [-0.05, 0) is 58.4 Å². The van der Waals surface area contributed by atoms with Gasteiger partial charge in [-0.15, -0.1) is 0 Å². The molecule has 0 aliphatic carbocycles. The second-order valence-electron chi connectivity index (χ2n) is 17.1. The summed E-state index contributed by atoms with van der Waals surface area (Å²) in [6.45, 7) is 4.85. The molecule has 0 aromatic heterocycles. The quantitative estimate of drug-likeness (QED) is 0.117. The molecule has 1 spiro atoms. The third-order valence-electron chi connectivity index (χ3n) is 13.2. The highest BCUT2D eigenvalue weighted by Crippen LogP contribution is 2.43. The van der Waals surface area contributed by atoms with E-state index in [1.807, 2.05) is 121 Å². The van der Waals surface area contributed by atoms with Gasteiger partial charge in [-0.3, -0.25) is 19.3 Å². The standard InChI is InChI=1S/C51H53N5O8/c1-34-44(30-54-26-24-51(25-27-54)49(60)52-33-56(51)41-13-6-3-7-14-41)63-48(64-46(34)38-18-16-35(31-57)17-19-38)39-22-20-37(21-23-39)42-15-9-8-12-40(42)29-55-45(58)28-43(47(55)59)53-50(61)62-32-36-10-4-2-5-11-36/h2-23,34,43-44,46,48,57H,24-33H2,1H3,(H,52,60)(H,53,61)/t34-,43?,44+,46+,48+/m0/s1. The summed E-state index contributed by atoms with van der Waals surface area (Å²) in [5, 5.41) is 15.4. The molecule has 1 unspecified atom stereocenters. The number of likely N-dealkylation sites (tertiary alicyclic amines) is 2. The molecule has 5 atom stereocenters. The Morgan fingerprint density at radius 2 is 1.48 bits per heavy atom. The van der Waals surface area contributed by atoms with E-state index < -0.39 is 29.9 Å². The molecule has 5 aromatic rings. The molecule has 4 fully saturated rings. The lowest BCUT2D eigenvalue weighted by molar-refractivity contribution is -0.276. The molecule has 330 valence electrons. The summed E-state index contributed by atoms with van der Waals surface area (Å²) in [6, 6.07) is 41.8. The minimum atomic E-state index is -1.01. The number of aliphatic hydroxyl groups is 1. The van der Waals surface area contributed by atoms with Crippen molar-refractivity contribution in [3.05, 3.63) is 161 Å². The van der Waals surface area contributed by atoms with E-state index in [0.29, 0.717) is 26.1 Å². The molecule has 3 N–H and O–H groups in total. The molecule has 13 nitrogen and oxygen atoms in total. The zero-order chi connectivity index (χ0) is 44.2. The molecule has 5 aromatic carbocycles. The number of carbonyl (C=O) groups is 4. The molecule has 64 heavy (non-hydrogen) atoms. The first-order chi connectivity index (χ1) is 31.2. The number of rotatable bonds is 12. The summed E-state index contributed by atoms with van der Waals surface area (Å²) in [6.07, 6.45) is -0.672. The van der Waals surface area contributed by atoms with E-state index >= 15 is 0 Å². The normalized spacial score (nSPS) is 23.3. The smallest absolute Gasteiger partial charge is 0.408 e. The lowest BCUT2D eigenvalue weighted by Gasteiger charge is -2.46. The van der Waals surface area contributed by atoms with Crippen molar-refractivity contribution in [3.63, 3.8) is 0 Å². The van der Waals surface area contributed by atoms with Crippen LogP contribution in [0.1, 0.15) is 66.4 Å². The van der Waals surface area contributed by atoms with E-state index in [2.05, 4.69) is 39.5 Å². The SMILES string of the molecule is C[C@H]1[C@@H](CN2CCC3(CC2)C(=O)NCN3c2ccccc2)O[C@@H](c2ccc(-c3ccccc3CN3C(=O)CC(NC(=O)OCc4ccccc4)C3=O)cc2)O[C@H]1c1ccc(CO)cc1. The first kappa shape index (κ1) is 42.9. The fourth-order valence-corrected chi connectivity index (χ4v) is 9.52. The monoisotopic (exact) mass is 863 g/mol. The van der Waals surface area contributed by atoms with Gasteiger partial charge in [-0.2, -0.15) is 0 Å². The molecular formula is C51H53N5O8. The molecule has 4 heterocycles. The number of hydrogen-bond acceptors (Lipinski definition) is 10. The number of hydrogen-bond donors (Lipinski definition) is 3. The number of anilines is 1. The predicted octanol–water partition coefficient (Wildman–Crippen LogP) is 6.62. The molecule has 4 aliphatic rings. The zero-order valence-electron chi connectivity index (χ0n) is 35.8. The Bertz CT molecular complexity index is 2440. The van der Waals surface area contributed by atoms with Gasteiger partial charge in [0.1, 0.15) is 18.2 Å². The summed E-state index contributed by atoms with van der Waals surface area (Å²) in [4.78, 5) is 58.4. The number of alkyl carbamates (subject to hydrolysis) is 1. The van der Waals surface area contributed by atoms with Crippen molar-refractivity contribution in [2.24, 2.45) is 5.92 Å². The number of imide groups is 1. The maximum Gasteiger partial charge on any atom is 0.408 e. The topological polar surface area (TPSA) is 150 Å². The van der Waals surface area contributed by atoms with Crippen LogP contribution in [0.5, 0.6) is 0 Å². The first-order valence-corrected chi connectivity index (χ1v) is 22.0. The highest BCUT2D eigenvalue weighted by molar-refractivity contribution is 6.06. The van der Waals surface area contributed by atoms with Gasteiger partial charge < -0.3 is 39.8 Å². The van der Waals surface area contributed by atoms with Crippen LogP contribution in [0, 0.1) is 5.92 Å². The van der Waals surface area contributed by atoms with Gasteiger partial charge in [0.25, 0.3) is 5.91 Å². The van der Waals surface area contributed by atoms with Crippen molar-refractivity contribution in [3.8, 4) is 11.1 Å². The van der Waals surface area contributed by atoms with Crippen LogP contribution in [0.2, 0.25) is 0 Å². The number of ether oxygens (including phenoxy) is 3. The van der Waals surface area contributed by atoms with Gasteiger partial charge in [-0.25, -0.2) is 4.79 Å². The van der Waals surface area contributed by atoms with Gasteiger partial charge in [0.05, 0.1) is 38.4 Å². The van der Waals surface area contributed by atoms with Crippen LogP contribution in [0.15, 0.2) is 133 Å². The first-order valence-electron chi connectivity index (χ1n) is 22.0. The van der Waals surface area contributed by atoms with Crippen molar-refractivity contribution in [2.75, 3.05) is 31.2 Å². The summed E-state index contributed by atoms with van der Waals surface area (Å²) in [5.41, 5.74) is 6.45. The Morgan fingerprint density at radius 1 is 0.812 bits per heavy atom. The fraction of sp³-hybridized carbons (Fsp3) is 0.333. The Balaban J connectivity index is 0.886. The van der Waals surface area contributed by atoms with Gasteiger partial charge in [0.15, 0.2) is 6.29 Å². The predicted molar refractivity (Wildman–Crippen MR) is 239 cm³/mol. The van der Waals surface area contributed by atoms with Crippen molar-refractivity contribution < 1.29 is 38.5 Å². The molecule has 0 radical (unpaired) electrons. The van der Waals surface area contributed by atoms with E-state index in [1.54, 1.807) is 0 Å². The third kappa shape index (κ3) is 8.89. The van der Waals surface area contributed by atoms with E-state index in [4.69, 9.17) is 14.2 Å². The molecule has 13 heteroatoms. The lowest BCUT2D eigenvalue weighted by atomic mass is 9.84. The van der Waals surface area contributed by atoms with Crippen molar-refractivity contribution in [1.29, 1.82) is 0 Å². The van der Waals surface area contributed by atoms with Crippen LogP contribution < -0.4 is 15.5 Å². The van der Waals surface area contributed by atoms with Gasteiger partial charge in [0.2, 0.25) is 11.8 Å². The fourth-order valence-electron chi connectivity index (χ4n) is 9.52. The van der Waals surface area contributed by atoms with E-state index in [1.165, 1.54) is 4.90 Å². The molecule has 9 rings (SSSR count). The van der Waals surface area contributed by atoms with Crippen LogP contribution in [-0.4, -0.2) is 82.7 Å². The molecule has 4 amide bonds. The number of benzene rings is 5. The summed E-state index contributed by atoms with van der Waals surface area (Å²) < 4.78 is 18.9. The second-order valence-corrected chi connectivity index (χ2v) is 17.1. The Morgan fingerprint density at radius 3 is 2.20 bits per heavy atom. The second kappa shape index (κ2) is 18.8. The van der Waals surface area contributed by atoms with Crippen molar-refractivity contribution in [2.45, 2.75) is 76.0 Å². The average Bonchev–Trinajstić information content (AvgIpc) is 3.79. The molecule has 4 aliphatic heterocycles. The summed E-state index contributed by atoms with van der Waals surface area (Å²) in [7, 11) is 0. The van der Waals surface area contributed by atoms with Gasteiger partial charge in [0, 0.05) is 36.8 Å². The zero-order valence-corrected chi connectivity index (χ0v) is 35.8. The van der Waals surface area contributed by atoms with E-state index in [0.717, 1.165) is 57.7 Å². The molecule has 0 bridgehead atoms. The van der Waals surface area contributed by atoms with Crippen LogP contribution >= 0.6 is 0 Å². The number of carbonyl (C=O) groups excluding carboxylic acids is 4.